The van der Waals surface area contributed by atoms with Crippen LogP contribution in [0.25, 0.3) is 16.7 Å². The number of benzene rings is 2. The molecule has 0 aliphatic carbocycles. The number of hydrogen-bond donors (Lipinski definition) is 0. The largest absolute Gasteiger partial charge is 0.298 e. The zero-order valence-corrected chi connectivity index (χ0v) is 11.2. The van der Waals surface area contributed by atoms with Gasteiger partial charge < -0.3 is 0 Å². The average Bonchev–Trinajstić information content (AvgIpc) is 2.81. The Morgan fingerprint density at radius 3 is 2.70 bits per heavy atom. The van der Waals surface area contributed by atoms with Crippen molar-refractivity contribution in [1.82, 2.24) is 9.55 Å². The Balaban J connectivity index is 2.33. The second kappa shape index (κ2) is 4.56. The molecule has 100 valence electrons. The van der Waals surface area contributed by atoms with Gasteiger partial charge in [-0.3, -0.25) is 9.36 Å². The van der Waals surface area contributed by atoms with E-state index < -0.39 is 5.82 Å². The number of nitrogens with zero attached hydrogens (tertiary/aromatic N) is 2. The second-order valence-electron chi connectivity index (χ2n) is 4.83. The molecule has 1 aromatic heterocycles. The maximum absolute atomic E-state index is 13.7. The van der Waals surface area contributed by atoms with E-state index in [1.807, 2.05) is 26.0 Å². The fourth-order valence-corrected chi connectivity index (χ4v) is 2.31. The predicted molar refractivity (Wildman–Crippen MR) is 75.9 cm³/mol. The summed E-state index contributed by atoms with van der Waals surface area (Å²) in [6.07, 6.45) is 2.16. The van der Waals surface area contributed by atoms with E-state index >= 15 is 0 Å². The van der Waals surface area contributed by atoms with Gasteiger partial charge in [-0.25, -0.2) is 9.37 Å². The lowest BCUT2D eigenvalue weighted by molar-refractivity contribution is 0.112. The molecule has 0 radical (unpaired) electrons. The van der Waals surface area contributed by atoms with Gasteiger partial charge in [0.25, 0.3) is 0 Å². The van der Waals surface area contributed by atoms with Gasteiger partial charge in [0.15, 0.2) is 6.29 Å². The molecular formula is C16H13FN2O. The van der Waals surface area contributed by atoms with Crippen molar-refractivity contribution >= 4 is 17.3 Å². The molecule has 0 bridgehead atoms. The fourth-order valence-electron chi connectivity index (χ4n) is 2.31. The molecule has 4 heteroatoms. The van der Waals surface area contributed by atoms with Gasteiger partial charge >= 0.3 is 0 Å². The van der Waals surface area contributed by atoms with Crippen LogP contribution in [0.1, 0.15) is 21.5 Å². The van der Waals surface area contributed by atoms with Crippen LogP contribution in [0, 0.1) is 19.7 Å². The molecule has 0 saturated heterocycles. The van der Waals surface area contributed by atoms with Crippen LogP contribution in [0.3, 0.4) is 0 Å². The van der Waals surface area contributed by atoms with Crippen molar-refractivity contribution in [1.29, 1.82) is 0 Å². The molecule has 1 heterocycles. The molecule has 0 atom stereocenters. The van der Waals surface area contributed by atoms with Crippen LogP contribution in [0.15, 0.2) is 36.7 Å². The molecule has 0 aliphatic rings. The normalized spacial score (nSPS) is 10.9. The second-order valence-corrected chi connectivity index (χ2v) is 4.83. The Labute approximate surface area is 115 Å². The number of carbonyl (C=O) groups excluding carboxylic acids is 1. The monoisotopic (exact) mass is 268 g/mol. The standard InChI is InChI=1S/C16H13FN2O/c1-10-6-14-16(7-11(10)2)19(9-18-14)15-5-3-4-13(17)12(15)8-20/h3-9H,1-2H3. The lowest BCUT2D eigenvalue weighted by Gasteiger charge is -2.09. The minimum absolute atomic E-state index is 0.0463. The quantitative estimate of drug-likeness (QED) is 0.666. The van der Waals surface area contributed by atoms with Gasteiger partial charge in [-0.05, 0) is 49.2 Å². The third-order valence-electron chi connectivity index (χ3n) is 3.57. The maximum atomic E-state index is 13.7. The summed E-state index contributed by atoms with van der Waals surface area (Å²) in [5.74, 6) is -0.525. The van der Waals surface area contributed by atoms with E-state index in [1.165, 1.54) is 6.07 Å². The van der Waals surface area contributed by atoms with Crippen molar-refractivity contribution in [3.05, 3.63) is 59.2 Å². The van der Waals surface area contributed by atoms with E-state index in [4.69, 9.17) is 0 Å². The summed E-state index contributed by atoms with van der Waals surface area (Å²) < 4.78 is 15.5. The van der Waals surface area contributed by atoms with Crippen LogP contribution < -0.4 is 0 Å². The lowest BCUT2D eigenvalue weighted by atomic mass is 10.1. The first-order valence-corrected chi connectivity index (χ1v) is 6.30. The molecule has 0 fully saturated rings. The highest BCUT2D eigenvalue weighted by Gasteiger charge is 2.12. The van der Waals surface area contributed by atoms with Gasteiger partial charge in [-0.1, -0.05) is 6.07 Å². The van der Waals surface area contributed by atoms with Gasteiger partial charge in [0.05, 0.1) is 22.3 Å². The number of carbonyl (C=O) groups is 1. The molecule has 0 unspecified atom stereocenters. The highest BCUT2D eigenvalue weighted by Crippen LogP contribution is 2.24. The van der Waals surface area contributed by atoms with Gasteiger partial charge in [0, 0.05) is 0 Å². The van der Waals surface area contributed by atoms with Gasteiger partial charge in [-0.15, -0.1) is 0 Å². The highest BCUT2D eigenvalue weighted by molar-refractivity contribution is 5.85. The van der Waals surface area contributed by atoms with E-state index in [1.54, 1.807) is 23.0 Å². The Hall–Kier alpha value is -2.49. The molecule has 0 N–H and O–H groups in total. The predicted octanol–water partition coefficient (Wildman–Crippen LogP) is 3.59. The van der Waals surface area contributed by atoms with E-state index in [9.17, 15) is 9.18 Å². The summed E-state index contributed by atoms with van der Waals surface area (Å²) in [5.41, 5.74) is 4.52. The first-order valence-electron chi connectivity index (χ1n) is 6.30. The summed E-state index contributed by atoms with van der Waals surface area (Å²) in [6, 6.07) is 8.56. The number of aromatic nitrogens is 2. The van der Waals surface area contributed by atoms with Crippen LogP contribution in [-0.2, 0) is 0 Å². The van der Waals surface area contributed by atoms with Gasteiger partial charge in [0.1, 0.15) is 12.1 Å². The number of aldehydes is 1. The van der Waals surface area contributed by atoms with E-state index in [0.717, 1.165) is 22.2 Å². The molecule has 0 spiro atoms. The molecular weight excluding hydrogens is 255 g/mol. The molecule has 0 aliphatic heterocycles. The maximum Gasteiger partial charge on any atom is 0.155 e. The topological polar surface area (TPSA) is 34.9 Å². The van der Waals surface area contributed by atoms with E-state index in [2.05, 4.69) is 4.98 Å². The van der Waals surface area contributed by atoms with Gasteiger partial charge in [0.2, 0.25) is 0 Å². The average molecular weight is 268 g/mol. The smallest absolute Gasteiger partial charge is 0.155 e. The Bertz CT molecular complexity index is 821. The number of fused-ring (bicyclic) bond motifs is 1. The summed E-state index contributed by atoms with van der Waals surface area (Å²) in [5, 5.41) is 0. The third kappa shape index (κ3) is 1.81. The Morgan fingerprint density at radius 2 is 1.95 bits per heavy atom. The molecule has 3 rings (SSSR count). The molecule has 2 aromatic carbocycles. The van der Waals surface area contributed by atoms with Crippen molar-refractivity contribution in [2.75, 3.05) is 0 Å². The van der Waals surface area contributed by atoms with E-state index in [-0.39, 0.29) is 5.56 Å². The number of rotatable bonds is 2. The van der Waals surface area contributed by atoms with Crippen molar-refractivity contribution in [3.8, 4) is 5.69 Å². The van der Waals surface area contributed by atoms with E-state index in [0.29, 0.717) is 12.0 Å². The number of aryl methyl sites for hydroxylation is 2. The first-order chi connectivity index (χ1) is 9.61. The van der Waals surface area contributed by atoms with Crippen LogP contribution in [0.4, 0.5) is 4.39 Å². The highest BCUT2D eigenvalue weighted by atomic mass is 19.1. The van der Waals surface area contributed by atoms with Crippen molar-refractivity contribution in [3.63, 3.8) is 0 Å². The first kappa shape index (κ1) is 12.5. The van der Waals surface area contributed by atoms with Crippen LogP contribution in [-0.4, -0.2) is 15.8 Å². The van der Waals surface area contributed by atoms with Crippen molar-refractivity contribution in [2.24, 2.45) is 0 Å². The summed E-state index contributed by atoms with van der Waals surface area (Å²) in [4.78, 5) is 15.5. The zero-order chi connectivity index (χ0) is 14.3. The molecule has 3 aromatic rings. The molecule has 0 saturated carbocycles. The van der Waals surface area contributed by atoms with Crippen LogP contribution in [0.5, 0.6) is 0 Å². The Kier molecular flexibility index (Phi) is 2.86. The number of halogens is 1. The van der Waals surface area contributed by atoms with Crippen LogP contribution >= 0.6 is 0 Å². The molecule has 3 nitrogen and oxygen atoms in total. The zero-order valence-electron chi connectivity index (χ0n) is 11.2. The van der Waals surface area contributed by atoms with Crippen molar-refractivity contribution in [2.45, 2.75) is 13.8 Å². The van der Waals surface area contributed by atoms with Crippen molar-refractivity contribution < 1.29 is 9.18 Å². The third-order valence-corrected chi connectivity index (χ3v) is 3.57. The summed E-state index contributed by atoms with van der Waals surface area (Å²) >= 11 is 0. The molecule has 20 heavy (non-hydrogen) atoms. The summed E-state index contributed by atoms with van der Waals surface area (Å²) in [6.45, 7) is 4.03. The molecule has 0 amide bonds. The number of imidazole rings is 1. The minimum Gasteiger partial charge on any atom is -0.298 e. The Morgan fingerprint density at radius 1 is 1.20 bits per heavy atom. The lowest BCUT2D eigenvalue weighted by Crippen LogP contribution is -2.00. The van der Waals surface area contributed by atoms with Crippen LogP contribution in [0.2, 0.25) is 0 Å². The fraction of sp³-hybridized carbons (Fsp3) is 0.125. The summed E-state index contributed by atoms with van der Waals surface area (Å²) in [7, 11) is 0. The van der Waals surface area contributed by atoms with Gasteiger partial charge in [-0.2, -0.15) is 0 Å². The minimum atomic E-state index is -0.525. The SMILES string of the molecule is Cc1cc2ncn(-c3cccc(F)c3C=O)c2cc1C. The number of hydrogen-bond acceptors (Lipinski definition) is 2.